The smallest absolute Gasteiger partial charge is 0.155 e. The molecule has 5 rings (SSSR count). The number of allylic oxidation sites excluding steroid dienone is 4. The van der Waals surface area contributed by atoms with Gasteiger partial charge in [-0.2, -0.15) is 0 Å². The minimum atomic E-state index is -0.993. The fourth-order valence-electron chi connectivity index (χ4n) is 7.60. The number of oxime groups is 1. The lowest BCUT2D eigenvalue weighted by Gasteiger charge is -2.57. The zero-order valence-corrected chi connectivity index (χ0v) is 17.0. The molecule has 28 heavy (non-hydrogen) atoms. The number of aliphatic hydroxyl groups excluding tert-OH is 1. The van der Waals surface area contributed by atoms with Gasteiger partial charge in [0.05, 0.1) is 12.2 Å². The Balaban J connectivity index is 1.65. The number of carbonyl (C=O) groups is 1. The SMILES string of the molecule is CO/N=C/[C@@H]1CC2=CC(=O)CCC2(C)C2=CCC3(C)C(C4CC4C3(O)CO)C21. The number of hydrogen-bond acceptors (Lipinski definition) is 5. The summed E-state index contributed by atoms with van der Waals surface area (Å²) in [6.07, 6.45) is 10.2. The summed E-state index contributed by atoms with van der Waals surface area (Å²) in [5.41, 5.74) is 1.28. The Morgan fingerprint density at radius 3 is 2.89 bits per heavy atom. The summed E-state index contributed by atoms with van der Waals surface area (Å²) in [5, 5.41) is 25.7. The average Bonchev–Trinajstić information content (AvgIpc) is 3.43. The van der Waals surface area contributed by atoms with Crippen molar-refractivity contribution in [2.45, 2.75) is 51.6 Å². The molecule has 5 aliphatic rings. The van der Waals surface area contributed by atoms with Crippen LogP contribution in [0.4, 0.5) is 0 Å². The maximum absolute atomic E-state index is 12.1. The minimum absolute atomic E-state index is 0.0678. The van der Waals surface area contributed by atoms with Crippen molar-refractivity contribution < 1.29 is 19.8 Å². The lowest BCUT2D eigenvalue weighted by atomic mass is 9.47. The second-order valence-electron chi connectivity index (χ2n) is 10.2. The Hall–Kier alpha value is -1.46. The van der Waals surface area contributed by atoms with Crippen LogP contribution in [0.1, 0.15) is 46.0 Å². The van der Waals surface area contributed by atoms with E-state index in [1.54, 1.807) is 7.11 Å². The molecule has 0 aromatic rings. The van der Waals surface area contributed by atoms with E-state index in [1.165, 1.54) is 11.1 Å². The fourth-order valence-corrected chi connectivity index (χ4v) is 7.60. The lowest BCUT2D eigenvalue weighted by molar-refractivity contribution is -0.134. The van der Waals surface area contributed by atoms with Crippen LogP contribution in [0.15, 0.2) is 28.5 Å². The highest BCUT2D eigenvalue weighted by molar-refractivity contribution is 5.92. The highest BCUT2D eigenvalue weighted by Gasteiger charge is 2.75. The molecule has 0 heterocycles. The molecule has 7 unspecified atom stereocenters. The number of hydrogen-bond donors (Lipinski definition) is 2. The van der Waals surface area contributed by atoms with Gasteiger partial charge in [-0.3, -0.25) is 4.79 Å². The van der Waals surface area contributed by atoms with Crippen LogP contribution < -0.4 is 0 Å². The van der Waals surface area contributed by atoms with E-state index in [1.807, 2.05) is 12.3 Å². The zero-order valence-electron chi connectivity index (χ0n) is 17.0. The molecule has 5 heteroatoms. The molecule has 3 saturated carbocycles. The highest BCUT2D eigenvalue weighted by Crippen LogP contribution is 2.76. The van der Waals surface area contributed by atoms with E-state index in [2.05, 4.69) is 25.1 Å². The van der Waals surface area contributed by atoms with Crippen molar-refractivity contribution in [3.8, 4) is 0 Å². The molecule has 0 aliphatic heterocycles. The fraction of sp³-hybridized carbons (Fsp3) is 0.739. The number of rotatable bonds is 3. The van der Waals surface area contributed by atoms with E-state index in [0.29, 0.717) is 18.3 Å². The van der Waals surface area contributed by atoms with Crippen molar-refractivity contribution in [2.75, 3.05) is 13.7 Å². The van der Waals surface area contributed by atoms with Crippen molar-refractivity contribution in [1.82, 2.24) is 0 Å². The van der Waals surface area contributed by atoms with Gasteiger partial charge < -0.3 is 15.1 Å². The Morgan fingerprint density at radius 1 is 1.39 bits per heavy atom. The van der Waals surface area contributed by atoms with Gasteiger partial charge in [-0.1, -0.05) is 36.2 Å². The van der Waals surface area contributed by atoms with Crippen molar-refractivity contribution in [1.29, 1.82) is 0 Å². The molecular formula is C23H31NO4. The van der Waals surface area contributed by atoms with Crippen LogP contribution in [0.5, 0.6) is 0 Å². The van der Waals surface area contributed by atoms with Gasteiger partial charge in [-0.25, -0.2) is 0 Å². The van der Waals surface area contributed by atoms with E-state index < -0.39 is 5.60 Å². The minimum Gasteiger partial charge on any atom is -0.399 e. The molecule has 8 atom stereocenters. The van der Waals surface area contributed by atoms with Crippen LogP contribution in [0.2, 0.25) is 0 Å². The molecule has 0 spiro atoms. The summed E-state index contributed by atoms with van der Waals surface area (Å²) in [6, 6.07) is 0. The first kappa shape index (κ1) is 18.6. The Kier molecular flexibility index (Phi) is 3.84. The summed E-state index contributed by atoms with van der Waals surface area (Å²) < 4.78 is 0. The van der Waals surface area contributed by atoms with Crippen LogP contribution in [0.25, 0.3) is 0 Å². The number of ketones is 1. The normalized spacial score (nSPS) is 51.6. The summed E-state index contributed by atoms with van der Waals surface area (Å²) in [7, 11) is 1.56. The number of aliphatic hydroxyl groups is 2. The third-order valence-electron chi connectivity index (χ3n) is 9.20. The topological polar surface area (TPSA) is 79.1 Å². The van der Waals surface area contributed by atoms with Crippen LogP contribution in [0.3, 0.4) is 0 Å². The number of fused-ring (bicyclic) bond motifs is 7. The maximum Gasteiger partial charge on any atom is 0.155 e. The monoisotopic (exact) mass is 385 g/mol. The van der Waals surface area contributed by atoms with Gasteiger partial charge in [-0.05, 0) is 55.4 Å². The average molecular weight is 386 g/mol. The molecular weight excluding hydrogens is 354 g/mol. The number of nitrogens with zero attached hydrogens (tertiary/aromatic N) is 1. The second-order valence-corrected chi connectivity index (χ2v) is 10.2. The molecule has 3 fully saturated rings. The summed E-state index contributed by atoms with van der Waals surface area (Å²) in [6.45, 7) is 4.31. The summed E-state index contributed by atoms with van der Waals surface area (Å²) in [5.74, 6) is 1.67. The molecule has 0 aromatic carbocycles. The van der Waals surface area contributed by atoms with Crippen molar-refractivity contribution in [3.63, 3.8) is 0 Å². The standard InChI is InChI=1S/C23H31NO4/c1-21-6-4-15(26)9-14(21)8-13(11-24-28-3)19-17(21)5-7-22(2)20(19)16-10-18(16)23(22,27)12-25/h5,9,11,13,16,18-20,25,27H,4,6-8,10,12H2,1-3H3/b24-11+/t13-,16?,18?,19?,20?,21?,22?,23?/m0/s1. The van der Waals surface area contributed by atoms with Crippen molar-refractivity contribution in [2.24, 2.45) is 45.6 Å². The first-order chi connectivity index (χ1) is 13.3. The van der Waals surface area contributed by atoms with Gasteiger partial charge in [0.1, 0.15) is 7.11 Å². The Labute approximate surface area is 166 Å². The third-order valence-corrected chi connectivity index (χ3v) is 9.20. The van der Waals surface area contributed by atoms with Gasteiger partial charge in [0.15, 0.2) is 5.78 Å². The maximum atomic E-state index is 12.1. The van der Waals surface area contributed by atoms with Gasteiger partial charge in [0.2, 0.25) is 0 Å². The second kappa shape index (κ2) is 5.79. The van der Waals surface area contributed by atoms with E-state index in [4.69, 9.17) is 4.84 Å². The quantitative estimate of drug-likeness (QED) is 0.445. The molecule has 0 aromatic heterocycles. The zero-order chi connectivity index (χ0) is 19.9. The Bertz CT molecular complexity index is 815. The predicted molar refractivity (Wildman–Crippen MR) is 105 cm³/mol. The molecule has 0 amide bonds. The van der Waals surface area contributed by atoms with Crippen molar-refractivity contribution in [3.05, 3.63) is 23.3 Å². The molecule has 5 nitrogen and oxygen atoms in total. The van der Waals surface area contributed by atoms with Crippen LogP contribution in [-0.4, -0.2) is 41.5 Å². The summed E-state index contributed by atoms with van der Waals surface area (Å²) in [4.78, 5) is 17.2. The van der Waals surface area contributed by atoms with Crippen LogP contribution in [-0.2, 0) is 9.63 Å². The van der Waals surface area contributed by atoms with E-state index in [0.717, 1.165) is 25.7 Å². The van der Waals surface area contributed by atoms with Gasteiger partial charge in [-0.15, -0.1) is 0 Å². The lowest BCUT2D eigenvalue weighted by Crippen LogP contribution is -2.56. The third kappa shape index (κ3) is 2.10. The van der Waals surface area contributed by atoms with Crippen molar-refractivity contribution >= 4 is 12.0 Å². The molecule has 5 aliphatic carbocycles. The predicted octanol–water partition coefficient (Wildman–Crippen LogP) is 2.88. The van der Waals surface area contributed by atoms with Crippen LogP contribution >= 0.6 is 0 Å². The van der Waals surface area contributed by atoms with E-state index >= 15 is 0 Å². The molecule has 0 radical (unpaired) electrons. The van der Waals surface area contributed by atoms with Crippen LogP contribution in [0, 0.1) is 40.4 Å². The highest BCUT2D eigenvalue weighted by atomic mass is 16.6. The van der Waals surface area contributed by atoms with E-state index in [-0.39, 0.29) is 41.0 Å². The first-order valence-corrected chi connectivity index (χ1v) is 10.6. The molecule has 0 bridgehead atoms. The molecule has 2 N–H and O–H groups in total. The van der Waals surface area contributed by atoms with E-state index in [9.17, 15) is 15.0 Å². The molecule has 0 saturated heterocycles. The van der Waals surface area contributed by atoms with Gasteiger partial charge in [0, 0.05) is 29.4 Å². The number of carbonyl (C=O) groups excluding carboxylic acids is 1. The largest absolute Gasteiger partial charge is 0.399 e. The van der Waals surface area contributed by atoms with Gasteiger partial charge >= 0.3 is 0 Å². The Morgan fingerprint density at radius 2 is 2.18 bits per heavy atom. The summed E-state index contributed by atoms with van der Waals surface area (Å²) >= 11 is 0. The van der Waals surface area contributed by atoms with Gasteiger partial charge in [0.25, 0.3) is 0 Å². The first-order valence-electron chi connectivity index (χ1n) is 10.6. The molecule has 152 valence electrons.